The van der Waals surface area contributed by atoms with Gasteiger partial charge in [-0.3, -0.25) is 4.79 Å². The molecule has 2 aromatic heterocycles. The summed E-state index contributed by atoms with van der Waals surface area (Å²) >= 11 is 10.6. The number of carbonyl (C=O) groups excluding carboxylic acids is 1. The number of aromatic nitrogens is 1. The highest BCUT2D eigenvalue weighted by Gasteiger charge is 2.09. The first-order valence-corrected chi connectivity index (χ1v) is 10.5. The highest BCUT2D eigenvalue weighted by Crippen LogP contribution is 2.32. The fraction of sp³-hybridized carbons (Fsp3) is 0.176. The molecule has 0 fully saturated rings. The molecule has 2 heterocycles. The number of hydrogen-bond donors (Lipinski definition) is 1. The standard InChI is InChI=1S/C17H15ClN2OS3/c18-15-9-8-14(24-15)13-11-23-17(19-13)20-16(21)7-4-10-22-12-5-2-1-3-6-12/h1-3,5-6,8-9,11H,4,7,10H2,(H,19,20,21). The van der Waals surface area contributed by atoms with Crippen molar-refractivity contribution >= 4 is 57.1 Å². The minimum atomic E-state index is 0.00812. The zero-order chi connectivity index (χ0) is 16.8. The zero-order valence-electron chi connectivity index (χ0n) is 12.7. The molecular formula is C17H15ClN2OS3. The number of thioether (sulfide) groups is 1. The monoisotopic (exact) mass is 394 g/mol. The van der Waals surface area contributed by atoms with Crippen LogP contribution in [0.4, 0.5) is 5.13 Å². The third-order valence-electron chi connectivity index (χ3n) is 3.14. The van der Waals surface area contributed by atoms with E-state index in [0.717, 1.165) is 27.1 Å². The Bertz CT molecular complexity index is 801. The van der Waals surface area contributed by atoms with Crippen molar-refractivity contribution in [3.05, 3.63) is 52.2 Å². The van der Waals surface area contributed by atoms with Crippen molar-refractivity contribution in [2.75, 3.05) is 11.1 Å². The van der Waals surface area contributed by atoms with Crippen molar-refractivity contribution in [1.82, 2.24) is 4.98 Å². The molecule has 24 heavy (non-hydrogen) atoms. The molecule has 3 aromatic rings. The average Bonchev–Trinajstić information content (AvgIpc) is 3.21. The van der Waals surface area contributed by atoms with E-state index in [1.54, 1.807) is 11.8 Å². The number of rotatable bonds is 7. The SMILES string of the molecule is O=C(CCCSc1ccccc1)Nc1nc(-c2ccc(Cl)s2)cs1. The number of nitrogens with zero attached hydrogens (tertiary/aromatic N) is 1. The van der Waals surface area contributed by atoms with Crippen LogP contribution in [0.1, 0.15) is 12.8 Å². The number of carbonyl (C=O) groups is 1. The molecule has 0 bridgehead atoms. The van der Waals surface area contributed by atoms with Crippen LogP contribution < -0.4 is 5.32 Å². The van der Waals surface area contributed by atoms with Crippen LogP contribution in [0.25, 0.3) is 10.6 Å². The van der Waals surface area contributed by atoms with Crippen LogP contribution in [-0.2, 0) is 4.79 Å². The summed E-state index contributed by atoms with van der Waals surface area (Å²) in [5.74, 6) is 0.933. The van der Waals surface area contributed by atoms with Crippen LogP contribution in [0.2, 0.25) is 4.34 Å². The van der Waals surface area contributed by atoms with Gasteiger partial charge in [-0.05, 0) is 36.4 Å². The molecule has 0 aliphatic carbocycles. The summed E-state index contributed by atoms with van der Waals surface area (Å²) in [5.41, 5.74) is 0.854. The van der Waals surface area contributed by atoms with Gasteiger partial charge in [0.05, 0.1) is 14.9 Å². The van der Waals surface area contributed by atoms with E-state index in [9.17, 15) is 4.79 Å². The molecule has 0 saturated carbocycles. The Morgan fingerprint density at radius 1 is 1.21 bits per heavy atom. The van der Waals surface area contributed by atoms with Gasteiger partial charge in [0.25, 0.3) is 0 Å². The Labute approximate surface area is 158 Å². The number of amides is 1. The second-order valence-electron chi connectivity index (χ2n) is 4.95. The molecule has 0 atom stereocenters. The van der Waals surface area contributed by atoms with Crippen molar-refractivity contribution in [1.29, 1.82) is 0 Å². The van der Waals surface area contributed by atoms with E-state index in [4.69, 9.17) is 11.6 Å². The number of halogens is 1. The molecule has 0 spiro atoms. The lowest BCUT2D eigenvalue weighted by Gasteiger charge is -2.02. The lowest BCUT2D eigenvalue weighted by atomic mass is 10.3. The Morgan fingerprint density at radius 2 is 2.04 bits per heavy atom. The van der Waals surface area contributed by atoms with E-state index >= 15 is 0 Å². The van der Waals surface area contributed by atoms with Gasteiger partial charge in [-0.25, -0.2) is 4.98 Å². The molecule has 3 nitrogen and oxygen atoms in total. The van der Waals surface area contributed by atoms with Crippen LogP contribution >= 0.6 is 46.0 Å². The summed E-state index contributed by atoms with van der Waals surface area (Å²) in [4.78, 5) is 18.7. The van der Waals surface area contributed by atoms with Gasteiger partial charge in [0.15, 0.2) is 5.13 Å². The first-order valence-electron chi connectivity index (χ1n) is 7.39. The Hall–Kier alpha value is -1.34. The maximum absolute atomic E-state index is 12.0. The van der Waals surface area contributed by atoms with E-state index in [1.165, 1.54) is 27.6 Å². The van der Waals surface area contributed by atoms with Crippen molar-refractivity contribution in [2.45, 2.75) is 17.7 Å². The lowest BCUT2D eigenvalue weighted by molar-refractivity contribution is -0.116. The van der Waals surface area contributed by atoms with Gasteiger partial charge in [-0.15, -0.1) is 34.4 Å². The van der Waals surface area contributed by atoms with E-state index in [1.807, 2.05) is 35.7 Å². The fourth-order valence-electron chi connectivity index (χ4n) is 2.02. The minimum Gasteiger partial charge on any atom is -0.302 e. The van der Waals surface area contributed by atoms with Crippen LogP contribution in [0.15, 0.2) is 52.7 Å². The van der Waals surface area contributed by atoms with Crippen molar-refractivity contribution in [3.63, 3.8) is 0 Å². The van der Waals surface area contributed by atoms with E-state index in [0.29, 0.717) is 11.6 Å². The first-order chi connectivity index (χ1) is 11.7. The first kappa shape index (κ1) is 17.5. The minimum absolute atomic E-state index is 0.00812. The molecule has 1 N–H and O–H groups in total. The van der Waals surface area contributed by atoms with E-state index < -0.39 is 0 Å². The molecule has 0 aliphatic heterocycles. The highest BCUT2D eigenvalue weighted by atomic mass is 35.5. The number of benzene rings is 1. The van der Waals surface area contributed by atoms with Gasteiger partial charge in [-0.1, -0.05) is 29.8 Å². The van der Waals surface area contributed by atoms with Crippen molar-refractivity contribution in [3.8, 4) is 10.6 Å². The van der Waals surface area contributed by atoms with Crippen LogP contribution in [-0.4, -0.2) is 16.6 Å². The third kappa shape index (κ3) is 5.08. The highest BCUT2D eigenvalue weighted by molar-refractivity contribution is 7.99. The predicted molar refractivity (Wildman–Crippen MR) is 105 cm³/mol. The maximum atomic E-state index is 12.0. The number of anilines is 1. The molecule has 3 rings (SSSR count). The second kappa shape index (κ2) is 8.67. The lowest BCUT2D eigenvalue weighted by Crippen LogP contribution is -2.11. The van der Waals surface area contributed by atoms with Crippen LogP contribution in [0.5, 0.6) is 0 Å². The summed E-state index contributed by atoms with van der Waals surface area (Å²) in [7, 11) is 0. The number of nitrogens with one attached hydrogen (secondary N) is 1. The third-order valence-corrected chi connectivity index (χ3v) is 6.25. The van der Waals surface area contributed by atoms with Gasteiger partial charge < -0.3 is 5.32 Å². The number of hydrogen-bond acceptors (Lipinski definition) is 5. The molecule has 1 aromatic carbocycles. The second-order valence-corrected chi connectivity index (χ2v) is 8.70. The number of thiazole rings is 1. The van der Waals surface area contributed by atoms with Gasteiger partial charge in [0, 0.05) is 16.7 Å². The Kier molecular flexibility index (Phi) is 6.31. The number of thiophene rings is 1. The van der Waals surface area contributed by atoms with Crippen LogP contribution in [0, 0.1) is 0 Å². The summed E-state index contributed by atoms with van der Waals surface area (Å²) < 4.78 is 0.736. The van der Waals surface area contributed by atoms with Crippen molar-refractivity contribution in [2.24, 2.45) is 0 Å². The summed E-state index contributed by atoms with van der Waals surface area (Å²) in [6.45, 7) is 0. The fourth-order valence-corrected chi connectivity index (χ4v) is 4.70. The van der Waals surface area contributed by atoms with E-state index in [-0.39, 0.29) is 5.91 Å². The molecule has 0 saturated heterocycles. The molecule has 0 radical (unpaired) electrons. The summed E-state index contributed by atoms with van der Waals surface area (Å²) in [6.07, 6.45) is 1.34. The zero-order valence-corrected chi connectivity index (χ0v) is 15.9. The molecule has 7 heteroatoms. The van der Waals surface area contributed by atoms with Gasteiger partial charge >= 0.3 is 0 Å². The van der Waals surface area contributed by atoms with Crippen molar-refractivity contribution < 1.29 is 4.79 Å². The van der Waals surface area contributed by atoms with Crippen LogP contribution in [0.3, 0.4) is 0 Å². The maximum Gasteiger partial charge on any atom is 0.226 e. The largest absolute Gasteiger partial charge is 0.302 e. The molecular weight excluding hydrogens is 380 g/mol. The van der Waals surface area contributed by atoms with Gasteiger partial charge in [-0.2, -0.15) is 0 Å². The van der Waals surface area contributed by atoms with Gasteiger partial charge in [0.2, 0.25) is 5.91 Å². The summed E-state index contributed by atoms with van der Waals surface area (Å²) in [6, 6.07) is 14.0. The smallest absolute Gasteiger partial charge is 0.226 e. The Morgan fingerprint density at radius 3 is 2.79 bits per heavy atom. The normalized spacial score (nSPS) is 10.7. The summed E-state index contributed by atoms with van der Waals surface area (Å²) in [5, 5.41) is 5.44. The molecule has 0 aliphatic rings. The molecule has 124 valence electrons. The Balaban J connectivity index is 1.43. The molecule has 1 amide bonds. The predicted octanol–water partition coefficient (Wildman–Crippen LogP) is 6.04. The van der Waals surface area contributed by atoms with Gasteiger partial charge in [0.1, 0.15) is 0 Å². The quantitative estimate of drug-likeness (QED) is 0.392. The van der Waals surface area contributed by atoms with E-state index in [2.05, 4.69) is 22.4 Å². The average molecular weight is 395 g/mol. The topological polar surface area (TPSA) is 42.0 Å². The molecule has 0 unspecified atom stereocenters.